The molecule has 0 fully saturated rings. The number of carbonyl (C=O) groups excluding carboxylic acids is 2. The molecule has 2 aromatic carbocycles. The Morgan fingerprint density at radius 2 is 1.79 bits per heavy atom. The van der Waals surface area contributed by atoms with Gasteiger partial charge in [-0.3, -0.25) is 9.59 Å². The number of hydrogen-bond acceptors (Lipinski definition) is 4. The van der Waals surface area contributed by atoms with Crippen LogP contribution in [0.1, 0.15) is 18.5 Å². The van der Waals surface area contributed by atoms with E-state index in [1.54, 1.807) is 12.1 Å². The van der Waals surface area contributed by atoms with E-state index >= 15 is 0 Å². The predicted octanol–water partition coefficient (Wildman–Crippen LogP) is 3.85. The van der Waals surface area contributed by atoms with Gasteiger partial charge in [-0.2, -0.15) is 0 Å². The highest BCUT2D eigenvalue weighted by Crippen LogP contribution is 2.17. The van der Waals surface area contributed by atoms with Crippen LogP contribution in [0, 0.1) is 0 Å². The largest absolute Gasteiger partial charge is 0.455 e. The number of thioether (sulfide) groups is 1. The van der Waals surface area contributed by atoms with E-state index in [1.807, 2.05) is 49.4 Å². The molecule has 0 radical (unpaired) electrons. The third-order valence-corrected chi connectivity index (χ3v) is 4.45. The summed E-state index contributed by atoms with van der Waals surface area (Å²) in [6.45, 7) is 1.57. The molecule has 2 aromatic rings. The van der Waals surface area contributed by atoms with Gasteiger partial charge in [0.15, 0.2) is 6.61 Å². The SMILES string of the molecule is C[C@H](NC(=O)COC(=O)CSc1ccccc1)c1ccc(Cl)cc1. The van der Waals surface area contributed by atoms with Gasteiger partial charge < -0.3 is 10.1 Å². The van der Waals surface area contributed by atoms with Crippen LogP contribution in [0.5, 0.6) is 0 Å². The smallest absolute Gasteiger partial charge is 0.316 e. The molecule has 0 spiro atoms. The van der Waals surface area contributed by atoms with E-state index in [4.69, 9.17) is 16.3 Å². The normalized spacial score (nSPS) is 11.6. The van der Waals surface area contributed by atoms with E-state index in [0.717, 1.165) is 10.5 Å². The minimum absolute atomic E-state index is 0.171. The number of amides is 1. The Labute approximate surface area is 150 Å². The number of hydrogen-bond donors (Lipinski definition) is 1. The Hall–Kier alpha value is -1.98. The monoisotopic (exact) mass is 363 g/mol. The zero-order chi connectivity index (χ0) is 17.4. The molecule has 24 heavy (non-hydrogen) atoms. The first-order valence-electron chi connectivity index (χ1n) is 7.43. The van der Waals surface area contributed by atoms with Crippen LogP contribution in [-0.2, 0) is 14.3 Å². The van der Waals surface area contributed by atoms with Crippen LogP contribution in [0.2, 0.25) is 5.02 Å². The fourth-order valence-corrected chi connectivity index (χ4v) is 2.81. The molecule has 1 N–H and O–H groups in total. The van der Waals surface area contributed by atoms with Crippen molar-refractivity contribution in [3.8, 4) is 0 Å². The summed E-state index contributed by atoms with van der Waals surface area (Å²) in [5, 5.41) is 3.42. The van der Waals surface area contributed by atoms with Crippen molar-refractivity contribution in [1.29, 1.82) is 0 Å². The van der Waals surface area contributed by atoms with Crippen molar-refractivity contribution in [3.05, 3.63) is 65.2 Å². The standard InChI is InChI=1S/C18H18ClNO3S/c1-13(14-7-9-15(19)10-8-14)20-17(21)11-23-18(22)12-24-16-5-3-2-4-6-16/h2-10,13H,11-12H2,1H3,(H,20,21)/t13-/m0/s1. The van der Waals surface area contributed by atoms with Gasteiger partial charge in [-0.15, -0.1) is 11.8 Å². The average molecular weight is 364 g/mol. The van der Waals surface area contributed by atoms with Crippen LogP contribution < -0.4 is 5.32 Å². The molecule has 0 aromatic heterocycles. The molecule has 1 atom stereocenters. The van der Waals surface area contributed by atoms with Crippen molar-refractivity contribution in [2.24, 2.45) is 0 Å². The Morgan fingerprint density at radius 3 is 2.46 bits per heavy atom. The summed E-state index contributed by atoms with van der Waals surface area (Å²) in [5.41, 5.74) is 0.929. The molecule has 2 rings (SSSR count). The molecule has 1 amide bonds. The van der Waals surface area contributed by atoms with Gasteiger partial charge in [-0.05, 0) is 36.8 Å². The molecule has 0 aliphatic rings. The number of halogens is 1. The number of rotatable bonds is 7. The molecule has 0 unspecified atom stereocenters. The van der Waals surface area contributed by atoms with E-state index in [1.165, 1.54) is 11.8 Å². The maximum Gasteiger partial charge on any atom is 0.316 e. The Morgan fingerprint density at radius 1 is 1.12 bits per heavy atom. The Balaban J connectivity index is 1.70. The van der Waals surface area contributed by atoms with Crippen LogP contribution in [0.3, 0.4) is 0 Å². The number of nitrogens with one attached hydrogen (secondary N) is 1. The van der Waals surface area contributed by atoms with Crippen molar-refractivity contribution < 1.29 is 14.3 Å². The highest BCUT2D eigenvalue weighted by Gasteiger charge is 2.12. The topological polar surface area (TPSA) is 55.4 Å². The van der Waals surface area contributed by atoms with Crippen molar-refractivity contribution in [2.45, 2.75) is 17.9 Å². The highest BCUT2D eigenvalue weighted by molar-refractivity contribution is 8.00. The maximum absolute atomic E-state index is 11.9. The Bertz CT molecular complexity index is 676. The number of carbonyl (C=O) groups is 2. The summed E-state index contributed by atoms with van der Waals surface area (Å²) in [6, 6.07) is 16.6. The van der Waals surface area contributed by atoms with Crippen molar-refractivity contribution >= 4 is 35.2 Å². The first-order chi connectivity index (χ1) is 11.5. The third-order valence-electron chi connectivity index (χ3n) is 3.21. The molecule has 6 heteroatoms. The van der Waals surface area contributed by atoms with Gasteiger partial charge in [0, 0.05) is 9.92 Å². The van der Waals surface area contributed by atoms with Gasteiger partial charge in [0.25, 0.3) is 5.91 Å². The fourth-order valence-electron chi connectivity index (χ4n) is 1.96. The number of esters is 1. The molecule has 126 valence electrons. The second-order valence-corrected chi connectivity index (χ2v) is 6.59. The van der Waals surface area contributed by atoms with E-state index in [2.05, 4.69) is 5.32 Å². The van der Waals surface area contributed by atoms with Crippen molar-refractivity contribution in [1.82, 2.24) is 5.32 Å². The maximum atomic E-state index is 11.9. The van der Waals surface area contributed by atoms with Crippen LogP contribution in [0.25, 0.3) is 0 Å². The molecular weight excluding hydrogens is 346 g/mol. The number of benzene rings is 2. The fraction of sp³-hybridized carbons (Fsp3) is 0.222. The van der Waals surface area contributed by atoms with Crippen LogP contribution >= 0.6 is 23.4 Å². The Kier molecular flexibility index (Phi) is 7.15. The van der Waals surface area contributed by atoms with Gasteiger partial charge in [-0.25, -0.2) is 0 Å². The summed E-state index contributed by atoms with van der Waals surface area (Å²) in [7, 11) is 0. The molecule has 0 aliphatic carbocycles. The van der Waals surface area contributed by atoms with Crippen LogP contribution in [0.4, 0.5) is 0 Å². The molecule has 4 nitrogen and oxygen atoms in total. The third kappa shape index (κ3) is 6.26. The first-order valence-corrected chi connectivity index (χ1v) is 8.79. The lowest BCUT2D eigenvalue weighted by Crippen LogP contribution is -2.31. The van der Waals surface area contributed by atoms with Gasteiger partial charge in [0.2, 0.25) is 0 Å². The highest BCUT2D eigenvalue weighted by atomic mass is 35.5. The second kappa shape index (κ2) is 9.35. The lowest BCUT2D eigenvalue weighted by atomic mass is 10.1. The van der Waals surface area contributed by atoms with Crippen molar-refractivity contribution in [2.75, 3.05) is 12.4 Å². The summed E-state index contributed by atoms with van der Waals surface area (Å²) in [6.07, 6.45) is 0. The zero-order valence-corrected chi connectivity index (χ0v) is 14.8. The van der Waals surface area contributed by atoms with Crippen LogP contribution in [-0.4, -0.2) is 24.2 Å². The molecule has 0 heterocycles. The second-order valence-electron chi connectivity index (χ2n) is 5.10. The summed E-state index contributed by atoms with van der Waals surface area (Å²) in [5.74, 6) is -0.585. The minimum atomic E-state index is -0.418. The van der Waals surface area contributed by atoms with Crippen molar-refractivity contribution in [3.63, 3.8) is 0 Å². The summed E-state index contributed by atoms with van der Waals surface area (Å²) >= 11 is 7.21. The molecule has 0 saturated carbocycles. The average Bonchev–Trinajstić information content (AvgIpc) is 2.59. The van der Waals surface area contributed by atoms with E-state index < -0.39 is 5.97 Å². The van der Waals surface area contributed by atoms with E-state index in [0.29, 0.717) is 5.02 Å². The molecule has 0 bridgehead atoms. The lowest BCUT2D eigenvalue weighted by Gasteiger charge is -2.14. The van der Waals surface area contributed by atoms with Crippen LogP contribution in [0.15, 0.2) is 59.5 Å². The predicted molar refractivity (Wildman–Crippen MR) is 96.1 cm³/mol. The van der Waals surface area contributed by atoms with Gasteiger partial charge in [0.1, 0.15) is 0 Å². The van der Waals surface area contributed by atoms with E-state index in [9.17, 15) is 9.59 Å². The summed E-state index contributed by atoms with van der Waals surface area (Å²) in [4.78, 5) is 24.5. The minimum Gasteiger partial charge on any atom is -0.455 e. The first kappa shape index (κ1) is 18.4. The number of ether oxygens (including phenoxy) is 1. The van der Waals surface area contributed by atoms with Gasteiger partial charge in [-0.1, -0.05) is 41.9 Å². The molecule has 0 saturated heterocycles. The molecular formula is C18H18ClNO3S. The quantitative estimate of drug-likeness (QED) is 0.599. The molecule has 0 aliphatic heterocycles. The summed E-state index contributed by atoms with van der Waals surface area (Å²) < 4.78 is 4.99. The zero-order valence-electron chi connectivity index (χ0n) is 13.2. The van der Waals surface area contributed by atoms with Gasteiger partial charge >= 0.3 is 5.97 Å². The van der Waals surface area contributed by atoms with E-state index in [-0.39, 0.29) is 24.3 Å². The lowest BCUT2D eigenvalue weighted by molar-refractivity contribution is -0.146. The van der Waals surface area contributed by atoms with Gasteiger partial charge in [0.05, 0.1) is 11.8 Å².